The number of hydrogen-bond donors (Lipinski definition) is 0. The topological polar surface area (TPSA) is 38.7 Å². The maximum Gasteiger partial charge on any atom is 0.240 e. The number of methoxy groups -OCH3 is 1. The van der Waals surface area contributed by atoms with Crippen LogP contribution in [0.3, 0.4) is 0 Å². The molecule has 0 unspecified atom stereocenters. The number of hydrogen-bond acceptors (Lipinski definition) is 3. The summed E-state index contributed by atoms with van der Waals surface area (Å²) in [6.07, 6.45) is 1.34. The zero-order valence-corrected chi connectivity index (χ0v) is 10.9. The van der Waals surface area contributed by atoms with Crippen molar-refractivity contribution in [2.24, 2.45) is 4.99 Å². The van der Waals surface area contributed by atoms with E-state index in [1.165, 1.54) is 19.3 Å². The summed E-state index contributed by atoms with van der Waals surface area (Å²) in [5, 5.41) is 0. The normalized spacial score (nSPS) is 10.0. The van der Waals surface area contributed by atoms with Gasteiger partial charge < -0.3 is 4.74 Å². The van der Waals surface area contributed by atoms with Crippen LogP contribution in [-0.2, 0) is 4.79 Å². The second kappa shape index (κ2) is 5.63. The van der Waals surface area contributed by atoms with E-state index in [0.29, 0.717) is 16.9 Å². The lowest BCUT2D eigenvalue weighted by molar-refractivity contribution is 0.414. The van der Waals surface area contributed by atoms with Gasteiger partial charge in [-0.1, -0.05) is 6.07 Å². The molecule has 102 valence electrons. The third-order valence-electron chi connectivity index (χ3n) is 2.94. The number of ether oxygens (including phenoxy) is 1. The van der Waals surface area contributed by atoms with Crippen molar-refractivity contribution in [2.75, 3.05) is 7.11 Å². The van der Waals surface area contributed by atoms with E-state index in [9.17, 15) is 13.6 Å². The van der Waals surface area contributed by atoms with Gasteiger partial charge in [-0.2, -0.15) is 4.99 Å². The highest BCUT2D eigenvalue weighted by Crippen LogP contribution is 2.36. The number of rotatable bonds is 3. The molecule has 0 fully saturated rings. The Hall–Kier alpha value is -2.52. The summed E-state index contributed by atoms with van der Waals surface area (Å²) in [5.74, 6) is -1.45. The molecule has 0 aromatic heterocycles. The lowest BCUT2D eigenvalue weighted by atomic mass is 9.98. The van der Waals surface area contributed by atoms with Crippen LogP contribution in [0.15, 0.2) is 35.3 Å². The number of nitrogens with zero attached hydrogens (tertiary/aromatic N) is 1. The van der Waals surface area contributed by atoms with E-state index in [-0.39, 0.29) is 11.3 Å². The monoisotopic (exact) mass is 275 g/mol. The molecule has 5 heteroatoms. The molecule has 0 amide bonds. The fourth-order valence-electron chi connectivity index (χ4n) is 1.98. The fraction of sp³-hybridized carbons (Fsp3) is 0.133. The van der Waals surface area contributed by atoms with Crippen molar-refractivity contribution in [1.82, 2.24) is 0 Å². The van der Waals surface area contributed by atoms with Crippen molar-refractivity contribution in [3.05, 3.63) is 47.5 Å². The van der Waals surface area contributed by atoms with Crippen LogP contribution >= 0.6 is 0 Å². The molecule has 2 rings (SSSR count). The molecule has 0 bridgehead atoms. The van der Waals surface area contributed by atoms with Gasteiger partial charge in [-0.3, -0.25) is 0 Å². The van der Waals surface area contributed by atoms with E-state index < -0.39 is 11.6 Å². The van der Waals surface area contributed by atoms with E-state index in [4.69, 9.17) is 4.74 Å². The zero-order valence-electron chi connectivity index (χ0n) is 10.9. The highest BCUT2D eigenvalue weighted by molar-refractivity contribution is 5.80. The highest BCUT2D eigenvalue weighted by atomic mass is 19.2. The van der Waals surface area contributed by atoms with Gasteiger partial charge in [0.2, 0.25) is 6.08 Å². The van der Waals surface area contributed by atoms with Crippen LogP contribution in [0, 0.1) is 18.6 Å². The zero-order chi connectivity index (χ0) is 14.7. The SMILES string of the molecule is COc1ccc(-c2c(N=C=O)ccc(F)c2F)c(C)c1. The Bertz CT molecular complexity index is 707. The second-order valence-electron chi connectivity index (χ2n) is 4.14. The van der Waals surface area contributed by atoms with Crippen molar-refractivity contribution in [3.63, 3.8) is 0 Å². The molecule has 0 aliphatic carbocycles. The van der Waals surface area contributed by atoms with Crippen LogP contribution < -0.4 is 4.74 Å². The van der Waals surface area contributed by atoms with Gasteiger partial charge in [0.1, 0.15) is 5.75 Å². The van der Waals surface area contributed by atoms with Gasteiger partial charge in [0.25, 0.3) is 0 Å². The van der Waals surface area contributed by atoms with Gasteiger partial charge in [-0.15, -0.1) is 0 Å². The average Bonchev–Trinajstić information content (AvgIpc) is 2.44. The molecule has 0 heterocycles. The van der Waals surface area contributed by atoms with Gasteiger partial charge in [0.15, 0.2) is 11.6 Å². The summed E-state index contributed by atoms with van der Waals surface area (Å²) >= 11 is 0. The standard InChI is InChI=1S/C15H11F2NO2/c1-9-7-10(20-2)3-4-11(9)14-13(18-8-19)6-5-12(16)15(14)17/h3-7H,1-2H3. The molecule has 0 radical (unpaired) electrons. The smallest absolute Gasteiger partial charge is 0.240 e. The summed E-state index contributed by atoms with van der Waals surface area (Å²) in [6, 6.07) is 7.07. The van der Waals surface area contributed by atoms with Crippen LogP contribution in [0.5, 0.6) is 5.75 Å². The fourth-order valence-corrected chi connectivity index (χ4v) is 1.98. The van der Waals surface area contributed by atoms with Crippen molar-refractivity contribution in [2.45, 2.75) is 6.92 Å². The number of carbonyl (C=O) groups excluding carboxylic acids is 1. The summed E-state index contributed by atoms with van der Waals surface area (Å²) in [7, 11) is 1.51. The Morgan fingerprint density at radius 2 is 1.95 bits per heavy atom. The predicted octanol–water partition coefficient (Wildman–Crippen LogP) is 3.92. The van der Waals surface area contributed by atoms with Gasteiger partial charge in [-0.25, -0.2) is 13.6 Å². The van der Waals surface area contributed by atoms with E-state index in [1.54, 1.807) is 25.1 Å². The second-order valence-corrected chi connectivity index (χ2v) is 4.14. The van der Waals surface area contributed by atoms with Crippen molar-refractivity contribution >= 4 is 11.8 Å². The van der Waals surface area contributed by atoms with Gasteiger partial charge >= 0.3 is 0 Å². The summed E-state index contributed by atoms with van der Waals surface area (Å²) in [6.45, 7) is 1.73. The van der Waals surface area contributed by atoms with Crippen molar-refractivity contribution < 1.29 is 18.3 Å². The third kappa shape index (κ3) is 2.44. The Labute approximate surface area is 114 Å². The highest BCUT2D eigenvalue weighted by Gasteiger charge is 2.17. The summed E-state index contributed by atoms with van der Waals surface area (Å²) < 4.78 is 32.5. The first kappa shape index (κ1) is 13.9. The number of aryl methyl sites for hydroxylation is 1. The first-order valence-corrected chi connectivity index (χ1v) is 5.79. The maximum atomic E-state index is 14.0. The molecule has 0 saturated carbocycles. The molecule has 0 N–H and O–H groups in total. The Morgan fingerprint density at radius 1 is 1.20 bits per heavy atom. The Morgan fingerprint density at radius 3 is 2.55 bits per heavy atom. The first-order chi connectivity index (χ1) is 9.58. The summed E-state index contributed by atoms with van der Waals surface area (Å²) in [4.78, 5) is 13.8. The lowest BCUT2D eigenvalue weighted by Crippen LogP contribution is -1.93. The maximum absolute atomic E-state index is 14.0. The van der Waals surface area contributed by atoms with Gasteiger partial charge in [0.05, 0.1) is 12.8 Å². The minimum atomic E-state index is -1.05. The van der Waals surface area contributed by atoms with Crippen LogP contribution in [-0.4, -0.2) is 13.2 Å². The summed E-state index contributed by atoms with van der Waals surface area (Å²) in [5.41, 5.74) is 1.09. The molecule has 0 saturated heterocycles. The minimum absolute atomic E-state index is 0.0344. The largest absolute Gasteiger partial charge is 0.497 e. The van der Waals surface area contributed by atoms with Crippen LogP contribution in [0.2, 0.25) is 0 Å². The number of halogens is 2. The molecule has 3 nitrogen and oxygen atoms in total. The van der Waals surface area contributed by atoms with Crippen LogP contribution in [0.25, 0.3) is 11.1 Å². The molecule has 0 spiro atoms. The van der Waals surface area contributed by atoms with Crippen LogP contribution in [0.1, 0.15) is 5.56 Å². The molecule has 2 aromatic carbocycles. The number of aliphatic imine (C=N–C) groups is 1. The Kier molecular flexibility index (Phi) is 3.91. The van der Waals surface area contributed by atoms with Crippen LogP contribution in [0.4, 0.5) is 14.5 Å². The lowest BCUT2D eigenvalue weighted by Gasteiger charge is -2.11. The van der Waals surface area contributed by atoms with E-state index >= 15 is 0 Å². The number of benzene rings is 2. The van der Waals surface area contributed by atoms with Crippen molar-refractivity contribution in [1.29, 1.82) is 0 Å². The van der Waals surface area contributed by atoms with E-state index in [2.05, 4.69) is 4.99 Å². The molecule has 2 aromatic rings. The number of isocyanates is 1. The average molecular weight is 275 g/mol. The molecule has 0 aliphatic rings. The molecular formula is C15H11F2NO2. The molecule has 0 aliphatic heterocycles. The van der Waals surface area contributed by atoms with Gasteiger partial charge in [0, 0.05) is 5.56 Å². The molecular weight excluding hydrogens is 264 g/mol. The van der Waals surface area contributed by atoms with Gasteiger partial charge in [-0.05, 0) is 42.3 Å². The molecule has 0 atom stereocenters. The minimum Gasteiger partial charge on any atom is -0.497 e. The van der Waals surface area contributed by atoms with E-state index in [1.807, 2.05) is 0 Å². The van der Waals surface area contributed by atoms with Crippen molar-refractivity contribution in [3.8, 4) is 16.9 Å². The Balaban J connectivity index is 2.74. The molecule has 20 heavy (non-hydrogen) atoms. The predicted molar refractivity (Wildman–Crippen MR) is 70.9 cm³/mol. The quantitative estimate of drug-likeness (QED) is 0.629. The van der Waals surface area contributed by atoms with E-state index in [0.717, 1.165) is 6.07 Å². The first-order valence-electron chi connectivity index (χ1n) is 5.79. The third-order valence-corrected chi connectivity index (χ3v) is 2.94.